The van der Waals surface area contributed by atoms with Gasteiger partial charge in [0.25, 0.3) is 0 Å². The van der Waals surface area contributed by atoms with E-state index in [1.165, 1.54) is 23.5 Å². The Morgan fingerprint density at radius 1 is 1.12 bits per heavy atom. The number of rotatable bonds is 4. The number of nitrogens with one attached hydrogen (secondary N) is 1. The summed E-state index contributed by atoms with van der Waals surface area (Å²) in [5.41, 5.74) is 2.49. The molecule has 0 bridgehead atoms. The van der Waals surface area contributed by atoms with Gasteiger partial charge in [-0.2, -0.15) is 5.10 Å². The highest BCUT2D eigenvalue weighted by atomic mass is 32.1. The lowest BCUT2D eigenvalue weighted by Gasteiger charge is -2.37. The molecule has 0 unspecified atom stereocenters. The van der Waals surface area contributed by atoms with E-state index in [4.69, 9.17) is 4.98 Å². The van der Waals surface area contributed by atoms with Gasteiger partial charge < -0.3 is 4.90 Å². The van der Waals surface area contributed by atoms with Crippen LogP contribution in [0.3, 0.4) is 0 Å². The number of hydrogen-bond donors (Lipinski definition) is 1. The summed E-state index contributed by atoms with van der Waals surface area (Å²) in [6, 6.07) is 3.51. The highest BCUT2D eigenvalue weighted by Crippen LogP contribution is 2.44. The first-order chi connectivity index (χ1) is 16.6. The highest BCUT2D eigenvalue weighted by molar-refractivity contribution is 7.13. The summed E-state index contributed by atoms with van der Waals surface area (Å²) in [6.45, 7) is 3.85. The van der Waals surface area contributed by atoms with Crippen LogP contribution in [0.4, 0.5) is 20.3 Å². The maximum Gasteiger partial charge on any atom is 0.165 e. The molecule has 0 aliphatic carbocycles. The quantitative estimate of drug-likeness (QED) is 0.398. The number of benzene rings is 1. The third-order valence-electron chi connectivity index (χ3n) is 5.77. The summed E-state index contributed by atoms with van der Waals surface area (Å²) in [6.07, 6.45) is 5.68. The Balaban J connectivity index is 1.59. The highest BCUT2D eigenvalue weighted by Gasteiger charge is 2.36. The van der Waals surface area contributed by atoms with Crippen LogP contribution in [0, 0.1) is 18.6 Å². The summed E-state index contributed by atoms with van der Waals surface area (Å²) in [5, 5.41) is 18.4. The van der Waals surface area contributed by atoms with Crippen molar-refractivity contribution in [3.63, 3.8) is 0 Å². The van der Waals surface area contributed by atoms with Crippen molar-refractivity contribution in [3.8, 4) is 27.8 Å². The molecule has 34 heavy (non-hydrogen) atoms. The Labute approximate surface area is 196 Å². The molecule has 5 heterocycles. The van der Waals surface area contributed by atoms with Crippen LogP contribution in [-0.2, 0) is 0 Å². The normalized spacial score (nSPS) is 14.8. The summed E-state index contributed by atoms with van der Waals surface area (Å²) in [5.74, 6) is 0.470. The van der Waals surface area contributed by atoms with Crippen LogP contribution < -0.4 is 4.90 Å². The van der Waals surface area contributed by atoms with Crippen molar-refractivity contribution in [1.29, 1.82) is 0 Å². The standard InChI is InChI=1S/C22H17F2N9S/c1-3-16-21-31-29-11(2)32(21)17-10-26-19(13-9-27-30-18(13)22-25-6-7-34-22)28-20(17)33(16)12-4-5-14(23)15(24)8-12/h4-10,16H,3H2,1-2H3,(H,27,30)/t16-/m1/s1. The molecule has 0 saturated heterocycles. The molecule has 1 atom stereocenters. The molecule has 5 aromatic rings. The molecule has 170 valence electrons. The van der Waals surface area contributed by atoms with Gasteiger partial charge in [-0.1, -0.05) is 6.92 Å². The topological polar surface area (TPSA) is 101 Å². The fraction of sp³-hybridized carbons (Fsp3) is 0.182. The largest absolute Gasteiger partial charge is 0.314 e. The molecule has 0 saturated carbocycles. The molecule has 6 rings (SSSR count). The van der Waals surface area contributed by atoms with Crippen LogP contribution in [-0.4, -0.2) is 39.9 Å². The minimum absolute atomic E-state index is 0.302. The number of fused-ring (bicyclic) bond motifs is 3. The third-order valence-corrected chi connectivity index (χ3v) is 6.56. The first-order valence-electron chi connectivity index (χ1n) is 10.5. The molecule has 0 spiro atoms. The SMILES string of the molecule is CC[C@@H]1c2nnc(C)n2-c2cnc(-c3cn[nH]c3-c3nccs3)nc2N1c1ccc(F)c(F)c1. The lowest BCUT2D eigenvalue weighted by Crippen LogP contribution is -2.32. The van der Waals surface area contributed by atoms with Gasteiger partial charge in [0.1, 0.15) is 22.2 Å². The van der Waals surface area contributed by atoms with Crippen LogP contribution >= 0.6 is 11.3 Å². The second-order valence-electron chi connectivity index (χ2n) is 7.73. The summed E-state index contributed by atoms with van der Waals surface area (Å²) in [7, 11) is 0. The molecule has 0 amide bonds. The first kappa shape index (κ1) is 20.5. The number of halogens is 2. The molecule has 9 nitrogen and oxygen atoms in total. The molecule has 0 fully saturated rings. The smallest absolute Gasteiger partial charge is 0.165 e. The molecular formula is C22H17F2N9S. The van der Waals surface area contributed by atoms with Crippen molar-refractivity contribution in [2.45, 2.75) is 26.3 Å². The predicted octanol–water partition coefficient (Wildman–Crippen LogP) is 4.76. The second-order valence-corrected chi connectivity index (χ2v) is 8.63. The van der Waals surface area contributed by atoms with Gasteiger partial charge in [0.05, 0.1) is 24.0 Å². The van der Waals surface area contributed by atoms with Crippen LogP contribution in [0.25, 0.3) is 27.8 Å². The maximum atomic E-state index is 14.3. The Bertz CT molecular complexity index is 1510. The zero-order valence-corrected chi connectivity index (χ0v) is 18.9. The van der Waals surface area contributed by atoms with Gasteiger partial charge in [0, 0.05) is 23.3 Å². The summed E-state index contributed by atoms with van der Waals surface area (Å²) in [4.78, 5) is 15.7. The molecule has 1 N–H and O–H groups in total. The predicted molar refractivity (Wildman–Crippen MR) is 122 cm³/mol. The number of aryl methyl sites for hydroxylation is 1. The van der Waals surface area contributed by atoms with Crippen molar-refractivity contribution in [1.82, 2.24) is 39.9 Å². The molecule has 0 radical (unpaired) electrons. The summed E-state index contributed by atoms with van der Waals surface area (Å²) < 4.78 is 29.9. The van der Waals surface area contributed by atoms with E-state index in [-0.39, 0.29) is 6.04 Å². The monoisotopic (exact) mass is 477 g/mol. The number of anilines is 2. The fourth-order valence-electron chi connectivity index (χ4n) is 4.25. The van der Waals surface area contributed by atoms with E-state index in [2.05, 4.69) is 30.4 Å². The first-order valence-corrected chi connectivity index (χ1v) is 11.4. The third kappa shape index (κ3) is 3.02. The van der Waals surface area contributed by atoms with E-state index < -0.39 is 11.6 Å². The Morgan fingerprint density at radius 3 is 2.76 bits per heavy atom. The molecule has 12 heteroatoms. The Kier molecular flexibility index (Phi) is 4.69. The zero-order chi connectivity index (χ0) is 23.4. The Morgan fingerprint density at radius 2 is 2.00 bits per heavy atom. The van der Waals surface area contributed by atoms with Gasteiger partial charge in [-0.15, -0.1) is 21.5 Å². The molecule has 1 aromatic carbocycles. The number of thiazole rings is 1. The average molecular weight is 478 g/mol. The van der Waals surface area contributed by atoms with E-state index in [9.17, 15) is 8.78 Å². The number of aromatic nitrogens is 8. The van der Waals surface area contributed by atoms with Crippen LogP contribution in [0.5, 0.6) is 0 Å². The van der Waals surface area contributed by atoms with Crippen molar-refractivity contribution < 1.29 is 8.78 Å². The fourth-order valence-corrected chi connectivity index (χ4v) is 4.90. The molecule has 4 aromatic heterocycles. The van der Waals surface area contributed by atoms with Crippen molar-refractivity contribution >= 4 is 22.8 Å². The van der Waals surface area contributed by atoms with Gasteiger partial charge in [-0.25, -0.2) is 23.7 Å². The van der Waals surface area contributed by atoms with Crippen molar-refractivity contribution in [2.75, 3.05) is 4.90 Å². The summed E-state index contributed by atoms with van der Waals surface area (Å²) >= 11 is 1.47. The minimum atomic E-state index is -0.938. The van der Waals surface area contributed by atoms with E-state index in [1.54, 1.807) is 18.6 Å². The number of hydrogen-bond acceptors (Lipinski definition) is 8. The minimum Gasteiger partial charge on any atom is -0.314 e. The Hall–Kier alpha value is -4.06. The van der Waals surface area contributed by atoms with Crippen LogP contribution in [0.1, 0.15) is 31.0 Å². The van der Waals surface area contributed by atoms with E-state index in [0.717, 1.165) is 11.1 Å². The van der Waals surface area contributed by atoms with Gasteiger partial charge in [-0.05, 0) is 25.5 Å². The molecule has 1 aliphatic heterocycles. The van der Waals surface area contributed by atoms with E-state index in [1.807, 2.05) is 28.7 Å². The van der Waals surface area contributed by atoms with Crippen LogP contribution in [0.15, 0.2) is 42.2 Å². The molecular weight excluding hydrogens is 460 g/mol. The number of aromatic amines is 1. The second kappa shape index (κ2) is 7.76. The van der Waals surface area contributed by atoms with Gasteiger partial charge >= 0.3 is 0 Å². The van der Waals surface area contributed by atoms with Gasteiger partial charge in [-0.3, -0.25) is 9.67 Å². The van der Waals surface area contributed by atoms with E-state index in [0.29, 0.717) is 52.3 Å². The average Bonchev–Trinajstić information content (AvgIpc) is 3.60. The lowest BCUT2D eigenvalue weighted by atomic mass is 10.1. The zero-order valence-electron chi connectivity index (χ0n) is 18.1. The number of H-pyrrole nitrogens is 1. The molecule has 1 aliphatic rings. The van der Waals surface area contributed by atoms with Gasteiger partial charge in [0.2, 0.25) is 0 Å². The lowest BCUT2D eigenvalue weighted by molar-refractivity contribution is 0.507. The van der Waals surface area contributed by atoms with Crippen molar-refractivity contribution in [3.05, 3.63) is 65.5 Å². The van der Waals surface area contributed by atoms with Crippen molar-refractivity contribution in [2.24, 2.45) is 0 Å². The van der Waals surface area contributed by atoms with Crippen LogP contribution in [0.2, 0.25) is 0 Å². The van der Waals surface area contributed by atoms with E-state index >= 15 is 0 Å². The maximum absolute atomic E-state index is 14.3. The van der Waals surface area contributed by atoms with Gasteiger partial charge in [0.15, 0.2) is 29.1 Å². The number of nitrogens with zero attached hydrogens (tertiary/aromatic N) is 8.